The summed E-state index contributed by atoms with van der Waals surface area (Å²) < 4.78 is 33.1. The van der Waals surface area contributed by atoms with Crippen molar-refractivity contribution in [1.82, 2.24) is 14.4 Å². The molecule has 176 valence electrons. The van der Waals surface area contributed by atoms with Gasteiger partial charge in [-0.2, -0.15) is 0 Å². The Balaban J connectivity index is 1.54. The van der Waals surface area contributed by atoms with Crippen LogP contribution in [0, 0.1) is 12.8 Å². The van der Waals surface area contributed by atoms with E-state index in [1.807, 2.05) is 37.3 Å². The van der Waals surface area contributed by atoms with Crippen LogP contribution in [0.2, 0.25) is 0 Å². The number of nitrogens with zero attached hydrogens (tertiary/aromatic N) is 3. The third-order valence-electron chi connectivity index (χ3n) is 5.80. The second-order valence-corrected chi connectivity index (χ2v) is 10.8. The van der Waals surface area contributed by atoms with Gasteiger partial charge < -0.3 is 4.74 Å². The van der Waals surface area contributed by atoms with Crippen molar-refractivity contribution in [1.29, 1.82) is 0 Å². The topological polar surface area (TPSA) is 100 Å². The van der Waals surface area contributed by atoms with E-state index in [-0.39, 0.29) is 11.9 Å². The summed E-state index contributed by atoms with van der Waals surface area (Å²) in [5, 5.41) is 11.5. The van der Waals surface area contributed by atoms with E-state index in [2.05, 4.69) is 4.98 Å². The van der Waals surface area contributed by atoms with E-state index in [4.69, 9.17) is 4.74 Å². The molecule has 0 bridgehead atoms. The van der Waals surface area contributed by atoms with Gasteiger partial charge in [-0.05, 0) is 51.3 Å². The zero-order chi connectivity index (χ0) is 23.5. The maximum Gasteiger partial charge on any atom is 0.250 e. The van der Waals surface area contributed by atoms with Crippen LogP contribution in [0.15, 0.2) is 30.3 Å². The molecule has 1 N–H and O–H groups in total. The average Bonchev–Trinajstić information content (AvgIpc) is 2.76. The van der Waals surface area contributed by atoms with Crippen LogP contribution in [0.5, 0.6) is 0 Å². The summed E-state index contributed by atoms with van der Waals surface area (Å²) in [6.45, 7) is 7.99. The van der Waals surface area contributed by atoms with E-state index in [1.165, 1.54) is 11.2 Å². The zero-order valence-electron chi connectivity index (χ0n) is 19.2. The summed E-state index contributed by atoms with van der Waals surface area (Å²) in [7, 11) is -3.60. The number of fused-ring (bicyclic) bond motifs is 1. The van der Waals surface area contributed by atoms with Crippen LogP contribution in [0.4, 0.5) is 0 Å². The third-order valence-corrected chi connectivity index (χ3v) is 7.87. The van der Waals surface area contributed by atoms with Crippen LogP contribution in [0.25, 0.3) is 10.9 Å². The first-order chi connectivity index (χ1) is 15.1. The van der Waals surface area contributed by atoms with Gasteiger partial charge in [0.25, 0.3) is 0 Å². The van der Waals surface area contributed by atoms with Crippen molar-refractivity contribution < 1.29 is 23.2 Å². The smallest absolute Gasteiger partial charge is 0.250 e. The average molecular weight is 464 g/mol. The fourth-order valence-electron chi connectivity index (χ4n) is 3.97. The minimum atomic E-state index is -3.60. The number of benzene rings is 1. The predicted molar refractivity (Wildman–Crippen MR) is 123 cm³/mol. The Morgan fingerprint density at radius 2 is 1.91 bits per heavy atom. The minimum absolute atomic E-state index is 0.0263. The van der Waals surface area contributed by atoms with Gasteiger partial charge in [0.05, 0.1) is 35.9 Å². The van der Waals surface area contributed by atoms with Crippen molar-refractivity contribution >= 4 is 26.8 Å². The lowest BCUT2D eigenvalue weighted by atomic mass is 10.1. The molecule has 3 rings (SSSR count). The molecular formula is C23H33N3O5S. The number of sulfonamides is 1. The standard InChI is InChI=1S/C23H33N3O5S/c1-16(2)26(28)23(27)17(3)15-32(29,30)25-11-9-20(10-12-25)31-14-19-13-18(4)24-22-8-6-5-7-21(19)22/h5-8,13,16-17,20,28H,9-12,14-15H2,1-4H3/t17-/m1/s1. The zero-order valence-corrected chi connectivity index (χ0v) is 20.0. The molecule has 2 heterocycles. The first-order valence-electron chi connectivity index (χ1n) is 11.0. The van der Waals surface area contributed by atoms with Crippen molar-refractivity contribution in [2.45, 2.75) is 59.3 Å². The molecule has 1 aromatic carbocycles. The molecule has 1 atom stereocenters. The van der Waals surface area contributed by atoms with Crippen molar-refractivity contribution in [3.05, 3.63) is 41.6 Å². The summed E-state index contributed by atoms with van der Waals surface area (Å²) in [4.78, 5) is 16.8. The molecule has 2 aromatic rings. The molecule has 9 heteroatoms. The summed E-state index contributed by atoms with van der Waals surface area (Å²) in [6, 6.07) is 9.59. The molecular weight excluding hydrogens is 430 g/mol. The number of hydroxylamine groups is 2. The van der Waals surface area contributed by atoms with Gasteiger partial charge in [-0.15, -0.1) is 0 Å². The van der Waals surface area contributed by atoms with E-state index in [9.17, 15) is 18.4 Å². The van der Waals surface area contributed by atoms with Crippen LogP contribution < -0.4 is 0 Å². The van der Waals surface area contributed by atoms with Gasteiger partial charge in [-0.25, -0.2) is 17.8 Å². The molecule has 0 unspecified atom stereocenters. The number of rotatable bonds is 8. The first-order valence-corrected chi connectivity index (χ1v) is 12.7. The number of hydrogen-bond donors (Lipinski definition) is 1. The number of aromatic nitrogens is 1. The number of pyridine rings is 1. The van der Waals surface area contributed by atoms with Gasteiger partial charge >= 0.3 is 0 Å². The Morgan fingerprint density at radius 3 is 2.56 bits per heavy atom. The third kappa shape index (κ3) is 5.83. The predicted octanol–water partition coefficient (Wildman–Crippen LogP) is 3.12. The highest BCUT2D eigenvalue weighted by Gasteiger charge is 2.33. The number of amides is 1. The number of ether oxygens (including phenoxy) is 1. The fraction of sp³-hybridized carbons (Fsp3) is 0.565. The Morgan fingerprint density at radius 1 is 1.25 bits per heavy atom. The normalized spacial score (nSPS) is 17.1. The Labute approximate surface area is 190 Å². The quantitative estimate of drug-likeness (QED) is 0.477. The van der Waals surface area contributed by atoms with Crippen LogP contribution >= 0.6 is 0 Å². The highest BCUT2D eigenvalue weighted by molar-refractivity contribution is 7.89. The monoisotopic (exact) mass is 463 g/mol. The summed E-state index contributed by atoms with van der Waals surface area (Å²) in [6.07, 6.45) is 1.17. The largest absolute Gasteiger partial charge is 0.373 e. The molecule has 0 aliphatic carbocycles. The second-order valence-electron chi connectivity index (χ2n) is 8.81. The number of carbonyl (C=O) groups excluding carboxylic acids is 1. The van der Waals surface area contributed by atoms with E-state index < -0.39 is 27.9 Å². The Kier molecular flexibility index (Phi) is 7.87. The van der Waals surface area contributed by atoms with Crippen molar-refractivity contribution in [2.75, 3.05) is 18.8 Å². The lowest BCUT2D eigenvalue weighted by Crippen LogP contribution is -2.45. The highest BCUT2D eigenvalue weighted by atomic mass is 32.2. The molecule has 0 radical (unpaired) electrons. The number of aryl methyl sites for hydroxylation is 1. The summed E-state index contributed by atoms with van der Waals surface area (Å²) >= 11 is 0. The fourth-order valence-corrected chi connectivity index (χ4v) is 5.72. The lowest BCUT2D eigenvalue weighted by Gasteiger charge is -2.32. The summed E-state index contributed by atoms with van der Waals surface area (Å²) in [5.41, 5.74) is 2.95. The number of carbonyl (C=O) groups is 1. The molecule has 1 aliphatic heterocycles. The SMILES string of the molecule is Cc1cc(COC2CCN(S(=O)(=O)C[C@@H](C)C(=O)N(O)C(C)C)CC2)c2ccccc2n1. The highest BCUT2D eigenvalue weighted by Crippen LogP contribution is 2.23. The molecule has 32 heavy (non-hydrogen) atoms. The maximum absolute atomic E-state index is 12.8. The van der Waals surface area contributed by atoms with Gasteiger partial charge in [0.15, 0.2) is 0 Å². The van der Waals surface area contributed by atoms with Crippen LogP contribution in [-0.2, 0) is 26.2 Å². The van der Waals surface area contributed by atoms with Gasteiger partial charge in [-0.3, -0.25) is 15.0 Å². The van der Waals surface area contributed by atoms with Gasteiger partial charge in [-0.1, -0.05) is 25.1 Å². The van der Waals surface area contributed by atoms with Crippen LogP contribution in [0.3, 0.4) is 0 Å². The van der Waals surface area contributed by atoms with Gasteiger partial charge in [0.2, 0.25) is 15.9 Å². The molecule has 0 spiro atoms. The van der Waals surface area contributed by atoms with Gasteiger partial charge in [0, 0.05) is 24.2 Å². The number of piperidine rings is 1. The molecule has 8 nitrogen and oxygen atoms in total. The maximum atomic E-state index is 12.8. The Hall–Kier alpha value is -2.07. The van der Waals surface area contributed by atoms with E-state index in [0.717, 1.165) is 22.2 Å². The molecule has 1 saturated heterocycles. The minimum Gasteiger partial charge on any atom is -0.373 e. The van der Waals surface area contributed by atoms with E-state index in [1.54, 1.807) is 13.8 Å². The van der Waals surface area contributed by atoms with E-state index >= 15 is 0 Å². The van der Waals surface area contributed by atoms with Crippen LogP contribution in [0.1, 0.15) is 44.9 Å². The number of hydrogen-bond acceptors (Lipinski definition) is 6. The van der Waals surface area contributed by atoms with Crippen LogP contribution in [-0.4, -0.2) is 64.9 Å². The lowest BCUT2D eigenvalue weighted by molar-refractivity contribution is -0.176. The van der Waals surface area contributed by atoms with E-state index in [0.29, 0.717) is 37.6 Å². The number of para-hydroxylation sites is 1. The summed E-state index contributed by atoms with van der Waals surface area (Å²) in [5.74, 6) is -1.71. The molecule has 1 fully saturated rings. The molecule has 0 saturated carbocycles. The molecule has 1 aliphatic rings. The molecule has 1 aromatic heterocycles. The molecule has 1 amide bonds. The van der Waals surface area contributed by atoms with Crippen molar-refractivity contribution in [3.63, 3.8) is 0 Å². The van der Waals surface area contributed by atoms with Gasteiger partial charge in [0.1, 0.15) is 0 Å². The second kappa shape index (κ2) is 10.2. The first kappa shape index (κ1) is 24.6. The van der Waals surface area contributed by atoms with Crippen molar-refractivity contribution in [2.24, 2.45) is 5.92 Å². The Bertz CT molecular complexity index is 1050. The van der Waals surface area contributed by atoms with Crippen molar-refractivity contribution in [3.8, 4) is 0 Å².